The van der Waals surface area contributed by atoms with Crippen LogP contribution in [0.2, 0.25) is 0 Å². The van der Waals surface area contributed by atoms with E-state index in [1.165, 1.54) is 12.3 Å². The SMILES string of the molecule is Nc1cn(-c2ccccc2)nc1NC(=O)c1ccc(C(N)C(=O)Nc2ccon2)cc1. The van der Waals surface area contributed by atoms with Crippen molar-refractivity contribution in [2.24, 2.45) is 5.73 Å². The summed E-state index contributed by atoms with van der Waals surface area (Å²) in [6, 6.07) is 16.3. The van der Waals surface area contributed by atoms with Crippen molar-refractivity contribution in [2.75, 3.05) is 16.4 Å². The number of nitrogens with two attached hydrogens (primary N) is 2. The lowest BCUT2D eigenvalue weighted by atomic mass is 10.0. The molecule has 1 unspecified atom stereocenters. The number of nitrogen functional groups attached to an aromatic ring is 1. The third-order valence-corrected chi connectivity index (χ3v) is 4.50. The lowest BCUT2D eigenvalue weighted by Gasteiger charge is -2.11. The Hall–Kier alpha value is -4.44. The van der Waals surface area contributed by atoms with E-state index in [1.54, 1.807) is 35.1 Å². The summed E-state index contributed by atoms with van der Waals surface area (Å²) in [4.78, 5) is 24.8. The Kier molecular flexibility index (Phi) is 5.45. The van der Waals surface area contributed by atoms with Crippen molar-refractivity contribution < 1.29 is 14.1 Å². The van der Waals surface area contributed by atoms with Gasteiger partial charge in [-0.15, -0.1) is 5.10 Å². The van der Waals surface area contributed by atoms with Crippen LogP contribution in [0.5, 0.6) is 0 Å². The maximum atomic E-state index is 12.6. The molecule has 10 nitrogen and oxygen atoms in total. The Labute approximate surface area is 176 Å². The van der Waals surface area contributed by atoms with E-state index in [1.807, 2.05) is 30.3 Å². The van der Waals surface area contributed by atoms with E-state index in [0.29, 0.717) is 16.8 Å². The zero-order chi connectivity index (χ0) is 21.8. The van der Waals surface area contributed by atoms with Gasteiger partial charge < -0.3 is 26.6 Å². The lowest BCUT2D eigenvalue weighted by Crippen LogP contribution is -2.27. The molecule has 0 saturated carbocycles. The monoisotopic (exact) mass is 417 g/mol. The zero-order valence-electron chi connectivity index (χ0n) is 16.2. The van der Waals surface area contributed by atoms with Gasteiger partial charge in [0, 0.05) is 11.6 Å². The highest BCUT2D eigenvalue weighted by molar-refractivity contribution is 6.05. The van der Waals surface area contributed by atoms with Gasteiger partial charge in [-0.25, -0.2) is 4.68 Å². The highest BCUT2D eigenvalue weighted by atomic mass is 16.5. The first-order chi connectivity index (χ1) is 15.0. The predicted molar refractivity (Wildman–Crippen MR) is 114 cm³/mol. The van der Waals surface area contributed by atoms with Crippen LogP contribution in [-0.2, 0) is 4.79 Å². The molecule has 6 N–H and O–H groups in total. The molecule has 2 aromatic heterocycles. The molecule has 0 aliphatic heterocycles. The van der Waals surface area contributed by atoms with Gasteiger partial charge in [0.1, 0.15) is 12.3 Å². The summed E-state index contributed by atoms with van der Waals surface area (Å²) in [6.07, 6.45) is 2.96. The first-order valence-corrected chi connectivity index (χ1v) is 9.30. The van der Waals surface area contributed by atoms with Crippen LogP contribution in [0, 0.1) is 0 Å². The standard InChI is InChI=1S/C21H19N7O3/c22-16-12-28(15-4-2-1-3-5-15)26-19(16)25-20(29)14-8-6-13(7-9-14)18(23)21(30)24-17-10-11-31-27-17/h1-12,18H,22-23H2,(H,24,27,30)(H,25,26,29). The molecule has 4 rings (SSSR count). The molecular weight excluding hydrogens is 398 g/mol. The third kappa shape index (κ3) is 4.43. The summed E-state index contributed by atoms with van der Waals surface area (Å²) in [5, 5.41) is 13.2. The number of para-hydroxylation sites is 1. The molecule has 0 aliphatic rings. The van der Waals surface area contributed by atoms with E-state index in [2.05, 4.69) is 25.4 Å². The number of benzene rings is 2. The van der Waals surface area contributed by atoms with Crippen LogP contribution in [0.1, 0.15) is 22.0 Å². The third-order valence-electron chi connectivity index (χ3n) is 4.50. The second-order valence-electron chi connectivity index (χ2n) is 6.64. The van der Waals surface area contributed by atoms with E-state index in [9.17, 15) is 9.59 Å². The molecule has 1 atom stereocenters. The van der Waals surface area contributed by atoms with E-state index in [0.717, 1.165) is 5.69 Å². The molecule has 4 aromatic rings. The van der Waals surface area contributed by atoms with Gasteiger partial charge in [0.05, 0.1) is 17.6 Å². The van der Waals surface area contributed by atoms with Gasteiger partial charge >= 0.3 is 0 Å². The van der Waals surface area contributed by atoms with Gasteiger partial charge in [-0.1, -0.05) is 35.5 Å². The van der Waals surface area contributed by atoms with Crippen molar-refractivity contribution >= 4 is 29.1 Å². The van der Waals surface area contributed by atoms with Gasteiger partial charge in [-0.2, -0.15) is 0 Å². The quantitative estimate of drug-likeness (QED) is 0.375. The largest absolute Gasteiger partial charge is 0.394 e. The first kappa shape index (κ1) is 19.9. The van der Waals surface area contributed by atoms with Crippen LogP contribution < -0.4 is 22.1 Å². The minimum Gasteiger partial charge on any atom is -0.394 e. The van der Waals surface area contributed by atoms with Gasteiger partial charge in [-0.05, 0) is 29.8 Å². The van der Waals surface area contributed by atoms with Gasteiger partial charge in [-0.3, -0.25) is 9.59 Å². The number of carbonyl (C=O) groups is 2. The summed E-state index contributed by atoms with van der Waals surface area (Å²) in [5.74, 6) is -0.326. The number of aromatic nitrogens is 3. The summed E-state index contributed by atoms with van der Waals surface area (Å²) in [5.41, 5.74) is 14.0. The van der Waals surface area contributed by atoms with Crippen LogP contribution in [0.3, 0.4) is 0 Å². The number of anilines is 3. The van der Waals surface area contributed by atoms with Crippen LogP contribution in [0.15, 0.2) is 77.6 Å². The summed E-state index contributed by atoms with van der Waals surface area (Å²) < 4.78 is 6.25. The minimum absolute atomic E-state index is 0.252. The average molecular weight is 417 g/mol. The molecule has 0 saturated heterocycles. The molecule has 0 fully saturated rings. The molecule has 10 heteroatoms. The van der Waals surface area contributed by atoms with Crippen molar-refractivity contribution in [1.29, 1.82) is 0 Å². The van der Waals surface area contributed by atoms with E-state index < -0.39 is 17.9 Å². The highest BCUT2D eigenvalue weighted by Gasteiger charge is 2.18. The lowest BCUT2D eigenvalue weighted by molar-refractivity contribution is -0.117. The fraction of sp³-hybridized carbons (Fsp3) is 0.0476. The topological polar surface area (TPSA) is 154 Å². The molecule has 31 heavy (non-hydrogen) atoms. The molecular formula is C21H19N7O3. The smallest absolute Gasteiger partial charge is 0.256 e. The van der Waals surface area contributed by atoms with Crippen LogP contribution in [0.25, 0.3) is 5.69 Å². The number of rotatable bonds is 6. The van der Waals surface area contributed by atoms with E-state index >= 15 is 0 Å². The van der Waals surface area contributed by atoms with Crippen molar-refractivity contribution in [1.82, 2.24) is 14.9 Å². The maximum absolute atomic E-state index is 12.6. The predicted octanol–water partition coefficient (Wildman–Crippen LogP) is 2.33. The van der Waals surface area contributed by atoms with Crippen molar-refractivity contribution in [2.45, 2.75) is 6.04 Å². The molecule has 156 valence electrons. The number of nitrogens with zero attached hydrogens (tertiary/aromatic N) is 3. The van der Waals surface area contributed by atoms with Crippen LogP contribution >= 0.6 is 0 Å². The number of hydrogen-bond donors (Lipinski definition) is 4. The van der Waals surface area contributed by atoms with Gasteiger partial charge in [0.25, 0.3) is 5.91 Å². The van der Waals surface area contributed by atoms with E-state index in [4.69, 9.17) is 11.5 Å². The molecule has 0 bridgehead atoms. The highest BCUT2D eigenvalue weighted by Crippen LogP contribution is 2.20. The Balaban J connectivity index is 1.43. The first-order valence-electron chi connectivity index (χ1n) is 9.30. The molecule has 2 amide bonds. The number of amides is 2. The maximum Gasteiger partial charge on any atom is 0.256 e. The minimum atomic E-state index is -0.939. The summed E-state index contributed by atoms with van der Waals surface area (Å²) in [6.45, 7) is 0. The molecule has 2 heterocycles. The zero-order valence-corrected chi connectivity index (χ0v) is 16.2. The molecule has 0 aliphatic carbocycles. The van der Waals surface area contributed by atoms with Gasteiger partial charge in [0.2, 0.25) is 5.91 Å². The number of hydrogen-bond acceptors (Lipinski definition) is 7. The van der Waals surface area contributed by atoms with Crippen LogP contribution in [0.4, 0.5) is 17.3 Å². The number of carbonyl (C=O) groups excluding carboxylic acids is 2. The van der Waals surface area contributed by atoms with Crippen LogP contribution in [-0.4, -0.2) is 26.8 Å². The summed E-state index contributed by atoms with van der Waals surface area (Å²) >= 11 is 0. The van der Waals surface area contributed by atoms with Gasteiger partial charge in [0.15, 0.2) is 11.6 Å². The normalized spacial score (nSPS) is 11.6. The Bertz CT molecular complexity index is 1190. The van der Waals surface area contributed by atoms with E-state index in [-0.39, 0.29) is 11.6 Å². The Morgan fingerprint density at radius 1 is 1.00 bits per heavy atom. The average Bonchev–Trinajstić information content (AvgIpc) is 3.43. The fourth-order valence-corrected chi connectivity index (χ4v) is 2.85. The Morgan fingerprint density at radius 3 is 2.42 bits per heavy atom. The second-order valence-corrected chi connectivity index (χ2v) is 6.64. The molecule has 0 radical (unpaired) electrons. The fourth-order valence-electron chi connectivity index (χ4n) is 2.85. The number of nitrogens with one attached hydrogen (secondary N) is 2. The molecule has 0 spiro atoms. The van der Waals surface area contributed by atoms with Crippen molar-refractivity contribution in [3.8, 4) is 5.69 Å². The van der Waals surface area contributed by atoms with Crippen molar-refractivity contribution in [3.63, 3.8) is 0 Å². The molecule has 2 aromatic carbocycles. The Morgan fingerprint density at radius 2 is 1.74 bits per heavy atom. The summed E-state index contributed by atoms with van der Waals surface area (Å²) in [7, 11) is 0. The van der Waals surface area contributed by atoms with Crippen molar-refractivity contribution in [3.05, 3.63) is 84.3 Å². The second kappa shape index (κ2) is 8.51.